The molecule has 0 fully saturated rings. The highest BCUT2D eigenvalue weighted by Gasteiger charge is 2.33. The predicted molar refractivity (Wildman–Crippen MR) is 166 cm³/mol. The third-order valence-corrected chi connectivity index (χ3v) is 9.02. The fourth-order valence-corrected chi connectivity index (χ4v) is 6.24. The summed E-state index contributed by atoms with van der Waals surface area (Å²) in [6.45, 7) is 3.43. The van der Waals surface area contributed by atoms with E-state index in [1.807, 2.05) is 92.7 Å². The lowest BCUT2D eigenvalue weighted by molar-refractivity contribution is -0.141. The van der Waals surface area contributed by atoms with Crippen LogP contribution in [0.3, 0.4) is 0 Å². The largest absolute Gasteiger partial charge is 0.352 e. The first-order valence-corrected chi connectivity index (χ1v) is 15.6. The van der Waals surface area contributed by atoms with Gasteiger partial charge in [-0.05, 0) is 60.0 Å². The Kier molecular flexibility index (Phi) is 9.96. The molecule has 7 nitrogen and oxygen atoms in total. The molecule has 4 rings (SSSR count). The lowest BCUT2D eigenvalue weighted by atomic mass is 10.0. The van der Waals surface area contributed by atoms with Gasteiger partial charge in [0.2, 0.25) is 21.8 Å². The second-order valence-electron chi connectivity index (χ2n) is 10.3. The van der Waals surface area contributed by atoms with Crippen LogP contribution in [-0.2, 0) is 32.6 Å². The molecule has 0 aliphatic heterocycles. The molecule has 1 atom stereocenters. The van der Waals surface area contributed by atoms with E-state index in [1.165, 1.54) is 11.9 Å². The van der Waals surface area contributed by atoms with Crippen molar-refractivity contribution in [1.29, 1.82) is 0 Å². The third-order valence-electron chi connectivity index (χ3n) is 6.73. The van der Waals surface area contributed by atoms with Crippen LogP contribution >= 0.6 is 15.9 Å². The molecule has 0 aromatic heterocycles. The Hall–Kier alpha value is -3.53. The Morgan fingerprint density at radius 3 is 2.17 bits per heavy atom. The summed E-state index contributed by atoms with van der Waals surface area (Å²) in [4.78, 5) is 29.1. The van der Waals surface area contributed by atoms with Gasteiger partial charge in [0.05, 0.1) is 11.4 Å². The van der Waals surface area contributed by atoms with E-state index in [0.717, 1.165) is 30.7 Å². The highest BCUT2D eigenvalue weighted by atomic mass is 79.9. The molecule has 0 saturated heterocycles. The second-order valence-corrected chi connectivity index (χ2v) is 13.3. The zero-order chi connectivity index (χ0) is 29.6. The standard InChI is InChI=1S/C32H34BrN3O4S/c1-23(2)34-32(38)30(19-24-10-5-4-6-11-24)36(21-25-12-9-15-28(33)18-25)31(37)22-35(3)41(39,40)29-17-16-26-13-7-8-14-27(26)20-29/h4-18,20,23,30H,19,21-22H2,1-3H3,(H,34,38)/t30-/m1/s1. The maximum atomic E-state index is 14.0. The monoisotopic (exact) mass is 635 g/mol. The molecule has 0 bridgehead atoms. The average molecular weight is 637 g/mol. The number of sulfonamides is 1. The van der Waals surface area contributed by atoms with Crippen LogP contribution in [0.5, 0.6) is 0 Å². The number of halogens is 1. The van der Waals surface area contributed by atoms with Crippen LogP contribution in [0, 0.1) is 0 Å². The van der Waals surface area contributed by atoms with Crippen molar-refractivity contribution in [2.24, 2.45) is 0 Å². The van der Waals surface area contributed by atoms with Crippen LogP contribution in [0.2, 0.25) is 0 Å². The van der Waals surface area contributed by atoms with E-state index in [-0.39, 0.29) is 29.8 Å². The Labute approximate surface area is 250 Å². The van der Waals surface area contributed by atoms with Gasteiger partial charge in [0.15, 0.2) is 0 Å². The molecule has 4 aromatic rings. The number of carbonyl (C=O) groups excluding carboxylic acids is 2. The summed E-state index contributed by atoms with van der Waals surface area (Å²) in [6.07, 6.45) is 0.278. The Balaban J connectivity index is 1.67. The number of benzene rings is 4. The van der Waals surface area contributed by atoms with Gasteiger partial charge >= 0.3 is 0 Å². The van der Waals surface area contributed by atoms with Gasteiger partial charge in [0.25, 0.3) is 0 Å². The SMILES string of the molecule is CC(C)NC(=O)[C@@H](Cc1ccccc1)N(Cc1cccc(Br)c1)C(=O)CN(C)S(=O)(=O)c1ccc2ccccc2c1. The van der Waals surface area contributed by atoms with Gasteiger partial charge in [-0.25, -0.2) is 8.42 Å². The molecule has 2 amide bonds. The lowest BCUT2D eigenvalue weighted by Crippen LogP contribution is -2.53. The van der Waals surface area contributed by atoms with E-state index in [9.17, 15) is 18.0 Å². The van der Waals surface area contributed by atoms with Crippen molar-refractivity contribution in [3.8, 4) is 0 Å². The minimum Gasteiger partial charge on any atom is -0.352 e. The second kappa shape index (κ2) is 13.4. The van der Waals surface area contributed by atoms with Gasteiger partial charge in [-0.1, -0.05) is 88.7 Å². The quantitative estimate of drug-likeness (QED) is 0.239. The maximum absolute atomic E-state index is 14.0. The van der Waals surface area contributed by atoms with E-state index in [1.54, 1.807) is 18.2 Å². The van der Waals surface area contributed by atoms with E-state index < -0.39 is 28.5 Å². The summed E-state index contributed by atoms with van der Waals surface area (Å²) in [5, 5.41) is 4.66. The number of nitrogens with zero attached hydrogens (tertiary/aromatic N) is 2. The minimum absolute atomic E-state index is 0.100. The van der Waals surface area contributed by atoms with Crippen LogP contribution < -0.4 is 5.32 Å². The smallest absolute Gasteiger partial charge is 0.243 e. The average Bonchev–Trinajstić information content (AvgIpc) is 2.94. The summed E-state index contributed by atoms with van der Waals surface area (Å²) >= 11 is 3.48. The van der Waals surface area contributed by atoms with Gasteiger partial charge in [0.1, 0.15) is 6.04 Å². The number of rotatable bonds is 11. The number of fused-ring (bicyclic) bond motifs is 1. The number of hydrogen-bond acceptors (Lipinski definition) is 4. The molecule has 0 saturated carbocycles. The number of nitrogens with one attached hydrogen (secondary N) is 1. The highest BCUT2D eigenvalue weighted by Crippen LogP contribution is 2.23. The number of carbonyl (C=O) groups is 2. The van der Waals surface area contributed by atoms with Crippen LogP contribution in [0.4, 0.5) is 0 Å². The molecule has 41 heavy (non-hydrogen) atoms. The molecule has 4 aromatic carbocycles. The Morgan fingerprint density at radius 2 is 1.49 bits per heavy atom. The zero-order valence-electron chi connectivity index (χ0n) is 23.3. The number of amides is 2. The topological polar surface area (TPSA) is 86.8 Å². The van der Waals surface area contributed by atoms with Crippen molar-refractivity contribution in [2.45, 2.75) is 43.8 Å². The van der Waals surface area contributed by atoms with Crippen LogP contribution in [0.25, 0.3) is 10.8 Å². The summed E-state index contributed by atoms with van der Waals surface area (Å²) in [5.41, 5.74) is 1.70. The van der Waals surface area contributed by atoms with E-state index >= 15 is 0 Å². The molecule has 0 spiro atoms. The van der Waals surface area contributed by atoms with Gasteiger partial charge in [0, 0.05) is 30.5 Å². The van der Waals surface area contributed by atoms with Gasteiger partial charge in [-0.15, -0.1) is 0 Å². The van der Waals surface area contributed by atoms with Crippen LogP contribution in [0.1, 0.15) is 25.0 Å². The molecule has 1 N–H and O–H groups in total. The Bertz CT molecular complexity index is 1630. The first-order chi connectivity index (χ1) is 19.5. The van der Waals surface area contributed by atoms with Gasteiger partial charge in [-0.3, -0.25) is 9.59 Å². The van der Waals surface area contributed by atoms with E-state index in [2.05, 4.69) is 21.2 Å². The molecule has 0 unspecified atom stereocenters. The molecule has 214 valence electrons. The van der Waals surface area contributed by atoms with Crippen LogP contribution in [-0.4, -0.2) is 55.1 Å². The first-order valence-electron chi connectivity index (χ1n) is 13.4. The highest BCUT2D eigenvalue weighted by molar-refractivity contribution is 9.10. The summed E-state index contributed by atoms with van der Waals surface area (Å²) in [5.74, 6) is -0.774. The van der Waals surface area contributed by atoms with E-state index in [4.69, 9.17) is 0 Å². The molecule has 9 heteroatoms. The molecule has 0 heterocycles. The molecular weight excluding hydrogens is 602 g/mol. The van der Waals surface area contributed by atoms with Crippen molar-refractivity contribution >= 4 is 48.5 Å². The van der Waals surface area contributed by atoms with Gasteiger partial charge in [-0.2, -0.15) is 4.31 Å². The first kappa shape index (κ1) is 30.4. The molecule has 0 aliphatic carbocycles. The van der Waals surface area contributed by atoms with Crippen molar-refractivity contribution in [1.82, 2.24) is 14.5 Å². The molecule has 0 aliphatic rings. The van der Waals surface area contributed by atoms with Crippen molar-refractivity contribution < 1.29 is 18.0 Å². The van der Waals surface area contributed by atoms with Crippen molar-refractivity contribution in [3.63, 3.8) is 0 Å². The fraction of sp³-hybridized carbons (Fsp3) is 0.250. The van der Waals surface area contributed by atoms with Crippen LogP contribution in [0.15, 0.2) is 106 Å². The normalized spacial score (nSPS) is 12.4. The third kappa shape index (κ3) is 7.81. The summed E-state index contributed by atoms with van der Waals surface area (Å²) in [7, 11) is -2.60. The maximum Gasteiger partial charge on any atom is 0.243 e. The van der Waals surface area contributed by atoms with Gasteiger partial charge < -0.3 is 10.2 Å². The molecule has 0 radical (unpaired) electrons. The zero-order valence-corrected chi connectivity index (χ0v) is 25.7. The predicted octanol–water partition coefficient (Wildman–Crippen LogP) is 5.39. The van der Waals surface area contributed by atoms with E-state index in [0.29, 0.717) is 0 Å². The minimum atomic E-state index is -3.98. The van der Waals surface area contributed by atoms with Crippen molar-refractivity contribution in [3.05, 3.63) is 113 Å². The fourth-order valence-electron chi connectivity index (χ4n) is 4.64. The summed E-state index contributed by atoms with van der Waals surface area (Å²) in [6, 6.07) is 28.4. The lowest BCUT2D eigenvalue weighted by Gasteiger charge is -2.33. The molecular formula is C32H34BrN3O4S. The summed E-state index contributed by atoms with van der Waals surface area (Å²) < 4.78 is 29.0. The number of hydrogen-bond donors (Lipinski definition) is 1. The number of likely N-dealkylation sites (N-methyl/N-ethyl adjacent to an activating group) is 1. The Morgan fingerprint density at radius 1 is 0.829 bits per heavy atom. The van der Waals surface area contributed by atoms with Crippen molar-refractivity contribution in [2.75, 3.05) is 13.6 Å².